The first kappa shape index (κ1) is 16.9. The minimum absolute atomic E-state index is 0.116. The van der Waals surface area contributed by atoms with Gasteiger partial charge in [0.2, 0.25) is 0 Å². The lowest BCUT2D eigenvalue weighted by Gasteiger charge is -2.30. The number of carbonyl (C=O) groups excluding carboxylic acids is 2. The number of rotatable bonds is 5. The number of allylic oxidation sites excluding steroid dienone is 1. The summed E-state index contributed by atoms with van der Waals surface area (Å²) in [5.74, 6) is -2.87. The van der Waals surface area contributed by atoms with Crippen LogP contribution in [-0.4, -0.2) is 51.4 Å². The fourth-order valence-electron chi connectivity index (χ4n) is 2.23. The first-order valence-corrected chi connectivity index (χ1v) is 7.08. The summed E-state index contributed by atoms with van der Waals surface area (Å²) in [4.78, 5) is 40.5. The van der Waals surface area contributed by atoms with Crippen LogP contribution in [0.1, 0.15) is 19.3 Å². The van der Waals surface area contributed by atoms with Crippen LogP contribution in [0, 0.1) is 11.3 Å². The van der Waals surface area contributed by atoms with E-state index in [1.807, 2.05) is 6.07 Å². The summed E-state index contributed by atoms with van der Waals surface area (Å²) in [6.45, 7) is -0.145. The van der Waals surface area contributed by atoms with E-state index in [2.05, 4.69) is 5.32 Å². The maximum Gasteiger partial charge on any atom is 0.372 e. The van der Waals surface area contributed by atoms with Crippen molar-refractivity contribution in [3.8, 4) is 6.07 Å². The molecule has 2 saturated heterocycles. The molecule has 10 heteroatoms. The van der Waals surface area contributed by atoms with Crippen LogP contribution in [0.15, 0.2) is 12.2 Å². The number of hydrogen-bond acceptors (Lipinski definition) is 7. The fourth-order valence-corrected chi connectivity index (χ4v) is 2.46. The highest BCUT2D eigenvalue weighted by Gasteiger charge is 2.59. The Morgan fingerprint density at radius 3 is 2.91 bits per heavy atom. The molecule has 2 N–H and O–H groups in total. The van der Waals surface area contributed by atoms with Gasteiger partial charge in [0.15, 0.2) is 0 Å². The highest BCUT2D eigenvalue weighted by atomic mass is 32.1. The summed E-state index contributed by atoms with van der Waals surface area (Å²) in [7, 11) is 0. The molecule has 2 atom stereocenters. The summed E-state index contributed by atoms with van der Waals surface area (Å²) in [5.41, 5.74) is -2.13. The summed E-state index contributed by atoms with van der Waals surface area (Å²) >= 11 is 5.03. The van der Waals surface area contributed by atoms with E-state index in [1.54, 1.807) is 0 Å². The Kier molecular flexibility index (Phi) is 4.92. The average Bonchev–Trinajstić information content (AvgIpc) is 3.05. The van der Waals surface area contributed by atoms with Gasteiger partial charge in [0, 0.05) is 18.9 Å². The molecule has 2 fully saturated rings. The molecule has 1 amide bonds. The van der Waals surface area contributed by atoms with Crippen molar-refractivity contribution in [3.05, 3.63) is 12.2 Å². The van der Waals surface area contributed by atoms with Crippen LogP contribution in [0.5, 0.6) is 0 Å². The van der Waals surface area contributed by atoms with Crippen LogP contribution < -0.4 is 5.32 Å². The van der Waals surface area contributed by atoms with Gasteiger partial charge in [0.25, 0.3) is 5.91 Å². The molecule has 0 aromatic carbocycles. The molecule has 0 radical (unpaired) electrons. The number of carbonyl (C=O) groups is 3. The third-order valence-electron chi connectivity index (χ3n) is 3.31. The topological polar surface area (TPSA) is 129 Å². The number of nitrogens with zero attached hydrogens (tertiary/aromatic N) is 2. The average molecular weight is 339 g/mol. The number of esters is 1. The zero-order valence-electron chi connectivity index (χ0n) is 11.9. The summed E-state index contributed by atoms with van der Waals surface area (Å²) in [5, 5.41) is 21.0. The van der Waals surface area contributed by atoms with Crippen molar-refractivity contribution < 1.29 is 29.1 Å². The summed E-state index contributed by atoms with van der Waals surface area (Å²) in [6, 6.07) is 0.929. The number of nitriles is 1. The number of nitrogens with one attached hydrogen (secondary N) is 1. The van der Waals surface area contributed by atoms with E-state index < -0.39 is 29.6 Å². The minimum Gasteiger partial charge on any atom is -0.477 e. The molecule has 0 aromatic heterocycles. The maximum absolute atomic E-state index is 12.3. The van der Waals surface area contributed by atoms with E-state index in [4.69, 9.17) is 27.1 Å². The molecule has 1 unspecified atom stereocenters. The number of hydrogen-bond donors (Lipinski definition) is 2. The van der Waals surface area contributed by atoms with Gasteiger partial charge in [-0.05, 0) is 0 Å². The van der Waals surface area contributed by atoms with Gasteiger partial charge in [0.05, 0.1) is 17.5 Å². The third kappa shape index (κ3) is 3.30. The van der Waals surface area contributed by atoms with Crippen molar-refractivity contribution in [1.82, 2.24) is 10.4 Å². The Morgan fingerprint density at radius 2 is 2.35 bits per heavy atom. The van der Waals surface area contributed by atoms with Gasteiger partial charge in [0.1, 0.15) is 12.6 Å². The Hall–Kier alpha value is -2.51. The highest BCUT2D eigenvalue weighted by Crippen LogP contribution is 2.33. The van der Waals surface area contributed by atoms with Crippen molar-refractivity contribution in [2.24, 2.45) is 0 Å². The zero-order valence-corrected chi connectivity index (χ0v) is 12.7. The largest absolute Gasteiger partial charge is 0.477 e. The smallest absolute Gasteiger partial charge is 0.372 e. The summed E-state index contributed by atoms with van der Waals surface area (Å²) in [6.07, 6.45) is 2.73. The lowest BCUT2D eigenvalue weighted by atomic mass is 10.1. The van der Waals surface area contributed by atoms with Crippen molar-refractivity contribution in [1.29, 1.82) is 5.26 Å². The molecule has 0 bridgehead atoms. The normalized spacial score (nSPS) is 27.1. The third-order valence-corrected chi connectivity index (χ3v) is 3.60. The highest BCUT2D eigenvalue weighted by molar-refractivity contribution is 7.80. The van der Waals surface area contributed by atoms with Crippen molar-refractivity contribution in [2.45, 2.75) is 31.0 Å². The number of ether oxygens (including phenoxy) is 1. The van der Waals surface area contributed by atoms with Gasteiger partial charge in [-0.25, -0.2) is 4.79 Å². The van der Waals surface area contributed by atoms with Crippen LogP contribution in [0.3, 0.4) is 0 Å². The molecule has 0 spiro atoms. The molecule has 9 nitrogen and oxygen atoms in total. The van der Waals surface area contributed by atoms with Crippen molar-refractivity contribution >= 4 is 35.1 Å². The van der Waals surface area contributed by atoms with E-state index >= 15 is 0 Å². The van der Waals surface area contributed by atoms with Crippen LogP contribution >= 0.6 is 12.2 Å². The van der Waals surface area contributed by atoms with E-state index in [1.165, 1.54) is 12.2 Å². The van der Waals surface area contributed by atoms with Crippen LogP contribution in [-0.2, 0) is 24.0 Å². The lowest BCUT2D eigenvalue weighted by molar-refractivity contribution is -0.256. The van der Waals surface area contributed by atoms with Crippen LogP contribution in [0.4, 0.5) is 0 Å². The number of carboxylic acid groups (broad SMARTS) is 1. The number of amides is 1. The van der Waals surface area contributed by atoms with E-state index in [0.717, 1.165) is 0 Å². The van der Waals surface area contributed by atoms with E-state index in [9.17, 15) is 19.5 Å². The molecule has 0 aliphatic carbocycles. The molecule has 0 saturated carbocycles. The minimum atomic E-state index is -2.13. The predicted octanol–water partition coefficient (Wildman–Crippen LogP) is -0.366. The van der Waals surface area contributed by atoms with Crippen LogP contribution in [0.2, 0.25) is 0 Å². The van der Waals surface area contributed by atoms with Crippen LogP contribution in [0.25, 0.3) is 0 Å². The summed E-state index contributed by atoms with van der Waals surface area (Å²) < 4.78 is 4.83. The molecule has 0 aromatic rings. The Bertz CT molecular complexity index is 628. The number of hydroxylamine groups is 2. The van der Waals surface area contributed by atoms with Gasteiger partial charge in [-0.1, -0.05) is 18.3 Å². The molecule has 2 heterocycles. The second-order valence-corrected chi connectivity index (χ2v) is 5.34. The van der Waals surface area contributed by atoms with E-state index in [0.29, 0.717) is 10.1 Å². The molecule has 2 aliphatic rings. The quantitative estimate of drug-likeness (QED) is 0.391. The first-order valence-electron chi connectivity index (χ1n) is 6.67. The van der Waals surface area contributed by atoms with Gasteiger partial charge >= 0.3 is 17.7 Å². The second-order valence-electron chi connectivity index (χ2n) is 4.85. The maximum atomic E-state index is 12.3. The monoisotopic (exact) mass is 339 g/mol. The Balaban J connectivity index is 2.05. The lowest BCUT2D eigenvalue weighted by Crippen LogP contribution is -2.56. The van der Waals surface area contributed by atoms with Gasteiger partial charge in [-0.15, -0.1) is 0 Å². The molecule has 122 valence electrons. The Morgan fingerprint density at radius 1 is 1.61 bits per heavy atom. The molecule has 23 heavy (non-hydrogen) atoms. The standard InChI is InChI=1S/C13H13N3O6S/c14-6-2-1-3-9(23)15-8-7-21-16(11(8)18)13(12(19)20)5-4-10(17)22-13/h1-2,8H,3-5,7H2,(H,15,23)(H,19,20)/t8-,13?/m0/s1. The van der Waals surface area contributed by atoms with Gasteiger partial charge < -0.3 is 15.2 Å². The second kappa shape index (κ2) is 6.72. The Labute approximate surface area is 136 Å². The molecule has 2 rings (SSSR count). The predicted molar refractivity (Wildman–Crippen MR) is 77.4 cm³/mol. The number of thiocarbonyl (C=S) groups is 1. The van der Waals surface area contributed by atoms with Crippen molar-refractivity contribution in [2.75, 3.05) is 6.61 Å². The fraction of sp³-hybridized carbons (Fsp3) is 0.462. The van der Waals surface area contributed by atoms with Gasteiger partial charge in [-0.3, -0.25) is 14.4 Å². The molecular weight excluding hydrogens is 326 g/mol. The van der Waals surface area contributed by atoms with E-state index in [-0.39, 0.29) is 25.9 Å². The molecular formula is C13H13N3O6S. The SMILES string of the molecule is N#CC=CCC(=S)N[C@H]1CON(C2(C(=O)O)CCC(=O)O2)C1=O. The first-order chi connectivity index (χ1) is 10.9. The number of aliphatic carboxylic acids is 1. The molecule has 2 aliphatic heterocycles. The zero-order chi connectivity index (χ0) is 17.0. The van der Waals surface area contributed by atoms with Crippen molar-refractivity contribution in [3.63, 3.8) is 0 Å². The number of cyclic esters (lactones) is 1. The van der Waals surface area contributed by atoms with Gasteiger partial charge in [-0.2, -0.15) is 10.3 Å². The number of carboxylic acids is 1.